The van der Waals surface area contributed by atoms with Crippen molar-refractivity contribution in [2.75, 3.05) is 5.06 Å². The maximum atomic E-state index is 11.9. The number of hydroxylamine groups is 1. The zero-order valence-electron chi connectivity index (χ0n) is 14.8. The molecule has 0 heterocycles. The quantitative estimate of drug-likeness (QED) is 0.624. The summed E-state index contributed by atoms with van der Waals surface area (Å²) in [4.78, 5) is 11.9. The van der Waals surface area contributed by atoms with E-state index in [1.807, 2.05) is 38.1 Å². The van der Waals surface area contributed by atoms with E-state index in [4.69, 9.17) is 4.74 Å². The molecule has 0 saturated heterocycles. The van der Waals surface area contributed by atoms with Crippen LogP contribution in [0.15, 0.2) is 36.4 Å². The van der Waals surface area contributed by atoms with Crippen molar-refractivity contribution in [1.29, 1.82) is 0 Å². The van der Waals surface area contributed by atoms with Crippen LogP contribution in [0.5, 0.6) is 5.75 Å². The SMILES string of the molecule is CCC(=O)N(O)c1c(C)cccc1COc1ccc(CC)cc1C. The molecule has 0 unspecified atom stereocenters. The van der Waals surface area contributed by atoms with E-state index in [-0.39, 0.29) is 18.9 Å². The molecule has 0 aliphatic carbocycles. The highest BCUT2D eigenvalue weighted by molar-refractivity contribution is 5.92. The lowest BCUT2D eigenvalue weighted by molar-refractivity contribution is -0.123. The normalized spacial score (nSPS) is 10.5. The van der Waals surface area contributed by atoms with Gasteiger partial charge in [-0.3, -0.25) is 10.0 Å². The van der Waals surface area contributed by atoms with Crippen molar-refractivity contribution < 1.29 is 14.7 Å². The fraction of sp³-hybridized carbons (Fsp3) is 0.350. The number of anilines is 1. The Hall–Kier alpha value is -2.33. The smallest absolute Gasteiger partial charge is 0.250 e. The van der Waals surface area contributed by atoms with Gasteiger partial charge in [0.2, 0.25) is 5.91 Å². The molecule has 1 amide bonds. The van der Waals surface area contributed by atoms with E-state index < -0.39 is 0 Å². The van der Waals surface area contributed by atoms with Gasteiger partial charge in [-0.25, -0.2) is 0 Å². The molecule has 24 heavy (non-hydrogen) atoms. The number of hydrogen-bond donors (Lipinski definition) is 1. The van der Waals surface area contributed by atoms with Gasteiger partial charge in [-0.1, -0.05) is 44.2 Å². The van der Waals surface area contributed by atoms with Crippen LogP contribution in [0.25, 0.3) is 0 Å². The molecular weight excluding hydrogens is 302 g/mol. The zero-order valence-corrected chi connectivity index (χ0v) is 14.8. The third-order valence-electron chi connectivity index (χ3n) is 4.10. The maximum absolute atomic E-state index is 11.9. The van der Waals surface area contributed by atoms with Gasteiger partial charge in [-0.2, -0.15) is 5.06 Å². The van der Waals surface area contributed by atoms with E-state index in [1.54, 1.807) is 6.92 Å². The van der Waals surface area contributed by atoms with Crippen LogP contribution in [0.2, 0.25) is 0 Å². The number of para-hydroxylation sites is 1. The van der Waals surface area contributed by atoms with Crippen molar-refractivity contribution in [3.63, 3.8) is 0 Å². The highest BCUT2D eigenvalue weighted by atomic mass is 16.5. The highest BCUT2D eigenvalue weighted by Crippen LogP contribution is 2.27. The maximum Gasteiger partial charge on any atom is 0.250 e. The summed E-state index contributed by atoms with van der Waals surface area (Å²) in [5.41, 5.74) is 4.46. The number of rotatable bonds is 6. The Morgan fingerprint density at radius 2 is 1.88 bits per heavy atom. The van der Waals surface area contributed by atoms with E-state index in [0.29, 0.717) is 5.69 Å². The van der Waals surface area contributed by atoms with Crippen LogP contribution < -0.4 is 9.80 Å². The Morgan fingerprint density at radius 1 is 1.12 bits per heavy atom. The van der Waals surface area contributed by atoms with Gasteiger partial charge in [-0.15, -0.1) is 0 Å². The standard InChI is InChI=1S/C20H25NO3/c1-5-16-10-11-18(15(4)12-16)24-13-17-9-7-8-14(3)20(17)21(23)19(22)6-2/h7-12,23H,5-6,13H2,1-4H3. The van der Waals surface area contributed by atoms with Crippen LogP contribution in [0, 0.1) is 13.8 Å². The minimum atomic E-state index is -0.339. The monoisotopic (exact) mass is 327 g/mol. The molecule has 2 aromatic rings. The van der Waals surface area contributed by atoms with E-state index in [0.717, 1.165) is 33.9 Å². The average Bonchev–Trinajstić information content (AvgIpc) is 2.59. The van der Waals surface area contributed by atoms with Crippen molar-refractivity contribution in [1.82, 2.24) is 0 Å². The molecule has 4 nitrogen and oxygen atoms in total. The Kier molecular flexibility index (Phi) is 5.99. The fourth-order valence-corrected chi connectivity index (χ4v) is 2.66. The van der Waals surface area contributed by atoms with Crippen LogP contribution >= 0.6 is 0 Å². The van der Waals surface area contributed by atoms with Gasteiger partial charge in [0, 0.05) is 12.0 Å². The number of nitrogens with zero attached hydrogens (tertiary/aromatic N) is 1. The average molecular weight is 327 g/mol. The third-order valence-corrected chi connectivity index (χ3v) is 4.10. The molecule has 0 aromatic heterocycles. The molecule has 0 aliphatic rings. The summed E-state index contributed by atoms with van der Waals surface area (Å²) in [5.74, 6) is 0.472. The first-order valence-electron chi connectivity index (χ1n) is 8.30. The predicted octanol–water partition coefficient (Wildman–Crippen LogP) is 4.58. The lowest BCUT2D eigenvalue weighted by Gasteiger charge is -2.21. The summed E-state index contributed by atoms with van der Waals surface area (Å²) < 4.78 is 5.93. The van der Waals surface area contributed by atoms with Crippen LogP contribution in [-0.2, 0) is 17.8 Å². The second-order valence-corrected chi connectivity index (χ2v) is 5.88. The molecule has 0 spiro atoms. The van der Waals surface area contributed by atoms with Crippen LogP contribution in [-0.4, -0.2) is 11.1 Å². The lowest BCUT2D eigenvalue weighted by atomic mass is 10.1. The van der Waals surface area contributed by atoms with Gasteiger partial charge >= 0.3 is 0 Å². The van der Waals surface area contributed by atoms with Crippen LogP contribution in [0.4, 0.5) is 5.69 Å². The number of aryl methyl sites for hydroxylation is 3. The van der Waals surface area contributed by atoms with Gasteiger partial charge < -0.3 is 4.74 Å². The number of ether oxygens (including phenoxy) is 1. The molecule has 128 valence electrons. The summed E-state index contributed by atoms with van der Waals surface area (Å²) in [7, 11) is 0. The van der Waals surface area contributed by atoms with Crippen LogP contribution in [0.1, 0.15) is 42.5 Å². The van der Waals surface area contributed by atoms with E-state index in [9.17, 15) is 10.0 Å². The number of carbonyl (C=O) groups is 1. The van der Waals surface area contributed by atoms with Crippen molar-refractivity contribution in [2.45, 2.75) is 47.1 Å². The zero-order chi connectivity index (χ0) is 17.7. The molecule has 0 fully saturated rings. The molecule has 0 saturated carbocycles. The van der Waals surface area contributed by atoms with Gasteiger partial charge in [-0.05, 0) is 43.0 Å². The summed E-state index contributed by atoms with van der Waals surface area (Å²) in [6, 6.07) is 11.8. The second-order valence-electron chi connectivity index (χ2n) is 5.88. The van der Waals surface area contributed by atoms with Gasteiger partial charge in [0.05, 0.1) is 5.69 Å². The van der Waals surface area contributed by atoms with E-state index >= 15 is 0 Å². The highest BCUT2D eigenvalue weighted by Gasteiger charge is 2.18. The summed E-state index contributed by atoms with van der Waals surface area (Å²) in [6.07, 6.45) is 1.23. The summed E-state index contributed by atoms with van der Waals surface area (Å²) in [6.45, 7) is 8.02. The van der Waals surface area contributed by atoms with Gasteiger partial charge in [0.25, 0.3) is 0 Å². The summed E-state index contributed by atoms with van der Waals surface area (Å²) in [5, 5.41) is 10.9. The van der Waals surface area contributed by atoms with Crippen molar-refractivity contribution in [3.8, 4) is 5.75 Å². The first-order chi connectivity index (χ1) is 11.5. The second kappa shape index (κ2) is 7.97. The number of benzene rings is 2. The molecule has 2 aromatic carbocycles. The molecule has 4 heteroatoms. The first-order valence-corrected chi connectivity index (χ1v) is 8.30. The largest absolute Gasteiger partial charge is 0.489 e. The molecule has 1 N–H and O–H groups in total. The lowest BCUT2D eigenvalue weighted by Crippen LogP contribution is -2.28. The van der Waals surface area contributed by atoms with Crippen molar-refractivity contribution in [3.05, 3.63) is 58.7 Å². The van der Waals surface area contributed by atoms with Crippen molar-refractivity contribution in [2.24, 2.45) is 0 Å². The fourth-order valence-electron chi connectivity index (χ4n) is 2.66. The molecule has 2 rings (SSSR count). The predicted molar refractivity (Wildman–Crippen MR) is 95.6 cm³/mol. The Bertz CT molecular complexity index is 725. The topological polar surface area (TPSA) is 49.8 Å². The Labute approximate surface area is 143 Å². The third kappa shape index (κ3) is 3.95. The Balaban J connectivity index is 2.24. The van der Waals surface area contributed by atoms with E-state index in [1.165, 1.54) is 5.56 Å². The van der Waals surface area contributed by atoms with E-state index in [2.05, 4.69) is 19.1 Å². The molecule has 0 atom stereocenters. The molecular formula is C20H25NO3. The minimum Gasteiger partial charge on any atom is -0.489 e. The molecule has 0 radical (unpaired) electrons. The molecule has 0 bridgehead atoms. The first kappa shape index (κ1) is 18.0. The van der Waals surface area contributed by atoms with Crippen molar-refractivity contribution >= 4 is 11.6 Å². The number of hydrogen-bond acceptors (Lipinski definition) is 3. The minimum absolute atomic E-state index is 0.239. The molecule has 0 aliphatic heterocycles. The van der Waals surface area contributed by atoms with Gasteiger partial charge in [0.1, 0.15) is 12.4 Å². The number of amides is 1. The summed E-state index contributed by atoms with van der Waals surface area (Å²) >= 11 is 0. The van der Waals surface area contributed by atoms with Crippen LogP contribution in [0.3, 0.4) is 0 Å². The van der Waals surface area contributed by atoms with Gasteiger partial charge in [0.15, 0.2) is 0 Å². The number of carbonyl (C=O) groups excluding carboxylic acids is 1. The Morgan fingerprint density at radius 3 is 2.50 bits per heavy atom.